The Bertz CT molecular complexity index is 550. The first kappa shape index (κ1) is 11.1. The molecule has 0 unspecified atom stereocenters. The maximum Gasteiger partial charge on any atom is 0.271 e. The van der Waals surface area contributed by atoms with Gasteiger partial charge in [0.2, 0.25) is 0 Å². The van der Waals surface area contributed by atoms with Crippen LogP contribution in [0.5, 0.6) is 0 Å². The Morgan fingerprint density at radius 3 is 3.06 bits per heavy atom. The van der Waals surface area contributed by atoms with Gasteiger partial charge in [-0.05, 0) is 6.92 Å². The van der Waals surface area contributed by atoms with Crippen LogP contribution in [0.4, 0.5) is 5.82 Å². The largest absolute Gasteiger partial charge is 0.362 e. The minimum absolute atomic E-state index is 0.0655. The SMILES string of the molecule is Cc1cnc(CNc2nc[nH]c(=O)c2Cl)s1. The fourth-order valence-corrected chi connectivity index (χ4v) is 2.05. The van der Waals surface area contributed by atoms with Gasteiger partial charge in [0.05, 0.1) is 12.9 Å². The van der Waals surface area contributed by atoms with Crippen LogP contribution < -0.4 is 10.9 Å². The van der Waals surface area contributed by atoms with Gasteiger partial charge in [0.1, 0.15) is 10.0 Å². The van der Waals surface area contributed by atoms with Crippen molar-refractivity contribution in [3.05, 3.63) is 37.8 Å². The number of thiazole rings is 1. The van der Waals surface area contributed by atoms with Gasteiger partial charge in [-0.15, -0.1) is 11.3 Å². The van der Waals surface area contributed by atoms with E-state index in [9.17, 15) is 4.79 Å². The first-order valence-electron chi connectivity index (χ1n) is 4.55. The zero-order valence-electron chi connectivity index (χ0n) is 8.45. The van der Waals surface area contributed by atoms with Crippen molar-refractivity contribution in [2.45, 2.75) is 13.5 Å². The summed E-state index contributed by atoms with van der Waals surface area (Å²) < 4.78 is 0. The molecule has 0 saturated heterocycles. The van der Waals surface area contributed by atoms with Gasteiger partial charge in [-0.3, -0.25) is 4.79 Å². The molecule has 16 heavy (non-hydrogen) atoms. The molecule has 2 aromatic rings. The van der Waals surface area contributed by atoms with Gasteiger partial charge in [-0.2, -0.15) is 0 Å². The quantitative estimate of drug-likeness (QED) is 0.879. The van der Waals surface area contributed by atoms with Gasteiger partial charge < -0.3 is 10.3 Å². The summed E-state index contributed by atoms with van der Waals surface area (Å²) in [5, 5.41) is 3.96. The molecule has 0 fully saturated rings. The van der Waals surface area contributed by atoms with E-state index >= 15 is 0 Å². The molecule has 0 aliphatic carbocycles. The summed E-state index contributed by atoms with van der Waals surface area (Å²) >= 11 is 7.37. The molecule has 2 N–H and O–H groups in total. The lowest BCUT2D eigenvalue weighted by Gasteiger charge is -2.03. The summed E-state index contributed by atoms with van der Waals surface area (Å²) in [7, 11) is 0. The average molecular weight is 257 g/mol. The molecular formula is C9H9ClN4OS. The van der Waals surface area contributed by atoms with E-state index in [1.807, 2.05) is 6.92 Å². The molecular weight excluding hydrogens is 248 g/mol. The van der Waals surface area contributed by atoms with Crippen molar-refractivity contribution >= 4 is 28.8 Å². The van der Waals surface area contributed by atoms with Crippen LogP contribution in [-0.2, 0) is 6.54 Å². The summed E-state index contributed by atoms with van der Waals surface area (Å²) in [6.45, 7) is 2.49. The second kappa shape index (κ2) is 4.63. The molecule has 5 nitrogen and oxygen atoms in total. The molecule has 0 atom stereocenters. The van der Waals surface area contributed by atoms with E-state index < -0.39 is 0 Å². The highest BCUT2D eigenvalue weighted by molar-refractivity contribution is 7.11. The summed E-state index contributed by atoms with van der Waals surface area (Å²) in [6.07, 6.45) is 3.11. The zero-order valence-corrected chi connectivity index (χ0v) is 10.0. The Hall–Kier alpha value is -1.40. The van der Waals surface area contributed by atoms with E-state index in [1.54, 1.807) is 17.5 Å². The highest BCUT2D eigenvalue weighted by Crippen LogP contribution is 2.16. The van der Waals surface area contributed by atoms with E-state index in [-0.39, 0.29) is 10.6 Å². The van der Waals surface area contributed by atoms with Crippen molar-refractivity contribution in [1.82, 2.24) is 15.0 Å². The van der Waals surface area contributed by atoms with Crippen molar-refractivity contribution < 1.29 is 0 Å². The van der Waals surface area contributed by atoms with Crippen molar-refractivity contribution in [2.24, 2.45) is 0 Å². The first-order valence-corrected chi connectivity index (χ1v) is 5.74. The molecule has 2 rings (SSSR count). The Kier molecular flexibility index (Phi) is 3.21. The monoisotopic (exact) mass is 256 g/mol. The molecule has 0 aliphatic heterocycles. The molecule has 0 radical (unpaired) electrons. The van der Waals surface area contributed by atoms with Gasteiger partial charge in [0.25, 0.3) is 5.56 Å². The molecule has 0 amide bonds. The molecule has 84 valence electrons. The van der Waals surface area contributed by atoms with Gasteiger partial charge in [0, 0.05) is 11.1 Å². The lowest BCUT2D eigenvalue weighted by atomic mass is 10.5. The average Bonchev–Trinajstić information content (AvgIpc) is 2.67. The van der Waals surface area contributed by atoms with Crippen molar-refractivity contribution in [3.8, 4) is 0 Å². The maximum atomic E-state index is 11.2. The molecule has 0 aromatic carbocycles. The summed E-state index contributed by atoms with van der Waals surface area (Å²) in [6, 6.07) is 0. The number of rotatable bonds is 3. The zero-order chi connectivity index (χ0) is 11.5. The third-order valence-corrected chi connectivity index (χ3v) is 3.14. The standard InChI is InChI=1S/C9H9ClN4OS/c1-5-2-11-6(16-5)3-12-8-7(10)9(15)14-4-13-8/h2,4H,3H2,1H3,(H2,12,13,14,15). The number of nitrogens with zero attached hydrogens (tertiary/aromatic N) is 2. The van der Waals surface area contributed by atoms with Crippen molar-refractivity contribution in [3.63, 3.8) is 0 Å². The van der Waals surface area contributed by atoms with Gasteiger partial charge in [-0.25, -0.2) is 9.97 Å². The van der Waals surface area contributed by atoms with Crippen LogP contribution in [-0.4, -0.2) is 15.0 Å². The molecule has 2 heterocycles. The lowest BCUT2D eigenvalue weighted by molar-refractivity contribution is 1.04. The predicted octanol–water partition coefficient (Wildman–Crippen LogP) is 1.80. The smallest absolute Gasteiger partial charge is 0.271 e. The minimum Gasteiger partial charge on any atom is -0.362 e. The molecule has 0 saturated carbocycles. The summed E-state index contributed by atoms with van der Waals surface area (Å²) in [5.74, 6) is 0.373. The number of aromatic amines is 1. The highest BCUT2D eigenvalue weighted by atomic mass is 35.5. The second-order valence-electron chi connectivity index (χ2n) is 3.11. The van der Waals surface area contributed by atoms with E-state index in [2.05, 4.69) is 20.3 Å². The Labute approximate surface area is 101 Å². The summed E-state index contributed by atoms with van der Waals surface area (Å²) in [5.41, 5.74) is -0.352. The molecule has 0 bridgehead atoms. The van der Waals surface area contributed by atoms with E-state index in [4.69, 9.17) is 11.6 Å². The van der Waals surface area contributed by atoms with Gasteiger partial charge in [0.15, 0.2) is 5.82 Å². The Morgan fingerprint density at radius 2 is 2.38 bits per heavy atom. The summed E-state index contributed by atoms with van der Waals surface area (Å²) in [4.78, 5) is 22.8. The van der Waals surface area contributed by atoms with Gasteiger partial charge >= 0.3 is 0 Å². The highest BCUT2D eigenvalue weighted by Gasteiger charge is 2.06. The fraction of sp³-hybridized carbons (Fsp3) is 0.222. The normalized spacial score (nSPS) is 10.4. The maximum absolute atomic E-state index is 11.2. The van der Waals surface area contributed by atoms with Crippen LogP contribution in [0, 0.1) is 6.92 Å². The third-order valence-electron chi connectivity index (χ3n) is 1.87. The van der Waals surface area contributed by atoms with Crippen molar-refractivity contribution in [1.29, 1.82) is 0 Å². The number of aryl methyl sites for hydroxylation is 1. The number of H-pyrrole nitrogens is 1. The lowest BCUT2D eigenvalue weighted by Crippen LogP contribution is -2.11. The topological polar surface area (TPSA) is 70.7 Å². The minimum atomic E-state index is -0.352. The first-order chi connectivity index (χ1) is 7.66. The van der Waals surface area contributed by atoms with Crippen LogP contribution in [0.15, 0.2) is 17.3 Å². The number of nitrogens with one attached hydrogen (secondary N) is 2. The Balaban J connectivity index is 2.10. The molecule has 0 spiro atoms. The van der Waals surface area contributed by atoms with Crippen LogP contribution >= 0.6 is 22.9 Å². The number of hydrogen-bond acceptors (Lipinski definition) is 5. The van der Waals surface area contributed by atoms with E-state index in [0.717, 1.165) is 9.88 Å². The number of halogens is 1. The number of aromatic nitrogens is 3. The number of anilines is 1. The van der Waals surface area contributed by atoms with Gasteiger partial charge in [-0.1, -0.05) is 11.6 Å². The second-order valence-corrected chi connectivity index (χ2v) is 4.81. The van der Waals surface area contributed by atoms with Crippen LogP contribution in [0.2, 0.25) is 5.02 Å². The predicted molar refractivity (Wildman–Crippen MR) is 64.0 cm³/mol. The van der Waals surface area contributed by atoms with Crippen molar-refractivity contribution in [2.75, 3.05) is 5.32 Å². The molecule has 0 aliphatic rings. The Morgan fingerprint density at radius 1 is 1.56 bits per heavy atom. The van der Waals surface area contributed by atoms with E-state index in [0.29, 0.717) is 12.4 Å². The molecule has 7 heteroatoms. The van der Waals surface area contributed by atoms with Crippen LogP contribution in [0.1, 0.15) is 9.88 Å². The van der Waals surface area contributed by atoms with E-state index in [1.165, 1.54) is 6.33 Å². The third kappa shape index (κ3) is 2.40. The van der Waals surface area contributed by atoms with Crippen LogP contribution in [0.3, 0.4) is 0 Å². The number of hydrogen-bond donors (Lipinski definition) is 2. The van der Waals surface area contributed by atoms with Crippen LogP contribution in [0.25, 0.3) is 0 Å². The molecule has 2 aromatic heterocycles. The fourth-order valence-electron chi connectivity index (χ4n) is 1.15.